The molecule has 6 heteroatoms. The summed E-state index contributed by atoms with van der Waals surface area (Å²) in [6.07, 6.45) is 5.08. The molecule has 3 unspecified atom stereocenters. The van der Waals surface area contributed by atoms with Gasteiger partial charge in [-0.1, -0.05) is 18.6 Å². The van der Waals surface area contributed by atoms with Gasteiger partial charge in [-0.15, -0.1) is 0 Å². The third kappa shape index (κ3) is 3.10. The molecule has 2 aliphatic carbocycles. The van der Waals surface area contributed by atoms with Crippen LogP contribution in [0.2, 0.25) is 0 Å². The number of para-hydroxylation sites is 1. The van der Waals surface area contributed by atoms with Crippen LogP contribution in [0.5, 0.6) is 5.75 Å². The van der Waals surface area contributed by atoms with Crippen LogP contribution in [0, 0.1) is 11.8 Å². The molecule has 0 saturated heterocycles. The lowest BCUT2D eigenvalue weighted by Gasteiger charge is -2.24. The fraction of sp³-hybridized carbons (Fsp3) is 0.467. The number of carbonyl (C=O) groups is 1. The summed E-state index contributed by atoms with van der Waals surface area (Å²) in [5.74, 6) is 1.09. The van der Waals surface area contributed by atoms with Crippen LogP contribution in [0.15, 0.2) is 24.3 Å². The van der Waals surface area contributed by atoms with Crippen LogP contribution in [0.4, 0.5) is 0 Å². The van der Waals surface area contributed by atoms with Crippen molar-refractivity contribution in [1.82, 2.24) is 16.2 Å². The highest BCUT2D eigenvalue weighted by atomic mass is 32.1. The summed E-state index contributed by atoms with van der Waals surface area (Å²) < 4.78 is 0. The number of thiocarbonyl (C=S) groups is 1. The van der Waals surface area contributed by atoms with E-state index in [1.165, 1.54) is 31.7 Å². The van der Waals surface area contributed by atoms with E-state index in [9.17, 15) is 9.90 Å². The Morgan fingerprint density at radius 2 is 2.00 bits per heavy atom. The van der Waals surface area contributed by atoms with E-state index >= 15 is 0 Å². The van der Waals surface area contributed by atoms with E-state index in [0.717, 1.165) is 5.92 Å². The first kappa shape index (κ1) is 14.1. The molecule has 0 radical (unpaired) electrons. The molecule has 4 N–H and O–H groups in total. The van der Waals surface area contributed by atoms with E-state index in [1.807, 2.05) is 0 Å². The average Bonchev–Trinajstić information content (AvgIpc) is 3.08. The molecule has 2 saturated carbocycles. The summed E-state index contributed by atoms with van der Waals surface area (Å²) in [5, 5.41) is 13.3. The number of aromatic hydroxyl groups is 1. The lowest BCUT2D eigenvalue weighted by atomic mass is 9.96. The van der Waals surface area contributed by atoms with Crippen LogP contribution in [0.25, 0.3) is 0 Å². The van der Waals surface area contributed by atoms with E-state index in [1.54, 1.807) is 18.2 Å². The number of phenolic OH excluding ortho intramolecular Hbond substituents is 1. The maximum atomic E-state index is 11.9. The molecule has 1 aromatic rings. The molecule has 5 nitrogen and oxygen atoms in total. The molecule has 0 aliphatic heterocycles. The van der Waals surface area contributed by atoms with E-state index in [0.29, 0.717) is 17.1 Å². The van der Waals surface area contributed by atoms with Gasteiger partial charge in [-0.3, -0.25) is 15.6 Å². The number of hydrazine groups is 1. The average molecular weight is 305 g/mol. The Bertz CT molecular complexity index is 564. The summed E-state index contributed by atoms with van der Waals surface area (Å²) in [7, 11) is 0. The summed E-state index contributed by atoms with van der Waals surface area (Å²) in [6.45, 7) is 0. The number of carbonyl (C=O) groups excluding carboxylic acids is 1. The number of fused-ring (bicyclic) bond motifs is 2. The first-order valence-corrected chi connectivity index (χ1v) is 7.69. The molecule has 2 fully saturated rings. The van der Waals surface area contributed by atoms with Crippen LogP contribution < -0.4 is 16.2 Å². The summed E-state index contributed by atoms with van der Waals surface area (Å²) >= 11 is 5.21. The van der Waals surface area contributed by atoms with E-state index in [4.69, 9.17) is 12.2 Å². The van der Waals surface area contributed by atoms with Gasteiger partial charge >= 0.3 is 0 Å². The first-order chi connectivity index (χ1) is 10.1. The third-order valence-electron chi connectivity index (χ3n) is 4.49. The van der Waals surface area contributed by atoms with E-state index < -0.39 is 5.91 Å². The first-order valence-electron chi connectivity index (χ1n) is 7.28. The van der Waals surface area contributed by atoms with Gasteiger partial charge in [0.2, 0.25) is 0 Å². The number of amides is 1. The Morgan fingerprint density at radius 3 is 2.67 bits per heavy atom. The fourth-order valence-electron chi connectivity index (χ4n) is 3.47. The molecule has 112 valence electrons. The Morgan fingerprint density at radius 1 is 1.19 bits per heavy atom. The summed E-state index contributed by atoms with van der Waals surface area (Å²) in [4.78, 5) is 11.9. The monoisotopic (exact) mass is 305 g/mol. The van der Waals surface area contributed by atoms with E-state index in [2.05, 4.69) is 16.2 Å². The Balaban J connectivity index is 1.48. The predicted molar refractivity (Wildman–Crippen MR) is 83.7 cm³/mol. The number of phenols is 1. The number of rotatable bonds is 2. The molecule has 0 aromatic heterocycles. The minimum absolute atomic E-state index is 0.0521. The Hall–Kier alpha value is -1.82. The molecule has 1 aromatic carbocycles. The van der Waals surface area contributed by atoms with Gasteiger partial charge in [-0.25, -0.2) is 0 Å². The normalized spacial score (nSPS) is 26.4. The van der Waals surface area contributed by atoms with Gasteiger partial charge in [0.15, 0.2) is 5.11 Å². The smallest absolute Gasteiger partial charge is 0.273 e. The van der Waals surface area contributed by atoms with Crippen molar-refractivity contribution < 1.29 is 9.90 Å². The molecule has 0 spiro atoms. The van der Waals surface area contributed by atoms with Crippen LogP contribution in [0.3, 0.4) is 0 Å². The lowest BCUT2D eigenvalue weighted by Crippen LogP contribution is -2.50. The quantitative estimate of drug-likeness (QED) is 0.494. The molecular formula is C15H19N3O2S. The zero-order chi connectivity index (χ0) is 14.8. The minimum atomic E-state index is -0.412. The van der Waals surface area contributed by atoms with Crippen LogP contribution in [-0.4, -0.2) is 22.2 Å². The molecule has 3 atom stereocenters. The minimum Gasteiger partial charge on any atom is -0.507 e. The van der Waals surface area contributed by atoms with Crippen molar-refractivity contribution in [2.75, 3.05) is 0 Å². The van der Waals surface area contributed by atoms with Crippen LogP contribution >= 0.6 is 12.2 Å². The molecule has 3 rings (SSSR count). The van der Waals surface area contributed by atoms with Crippen molar-refractivity contribution >= 4 is 23.2 Å². The Labute approximate surface area is 129 Å². The van der Waals surface area contributed by atoms with Gasteiger partial charge in [-0.05, 0) is 55.4 Å². The van der Waals surface area contributed by atoms with Crippen molar-refractivity contribution in [2.45, 2.75) is 31.7 Å². The summed E-state index contributed by atoms with van der Waals surface area (Å²) in [5.41, 5.74) is 5.42. The molecule has 2 aliphatic rings. The van der Waals surface area contributed by atoms with Crippen LogP contribution in [-0.2, 0) is 0 Å². The van der Waals surface area contributed by atoms with Gasteiger partial charge in [0.25, 0.3) is 5.91 Å². The molecule has 0 heterocycles. The van der Waals surface area contributed by atoms with Gasteiger partial charge in [0, 0.05) is 6.04 Å². The number of nitrogens with one attached hydrogen (secondary N) is 3. The molecule has 2 bridgehead atoms. The molecule has 21 heavy (non-hydrogen) atoms. The number of hydrogen-bond acceptors (Lipinski definition) is 3. The Kier molecular flexibility index (Phi) is 3.96. The van der Waals surface area contributed by atoms with Gasteiger partial charge < -0.3 is 10.4 Å². The predicted octanol–water partition coefficient (Wildman–Crippen LogP) is 1.69. The second-order valence-electron chi connectivity index (χ2n) is 5.85. The standard InChI is InChI=1S/C15H19N3O2S/c19-13-4-2-1-3-11(13)14(20)17-18-15(21)16-12-8-9-5-6-10(12)7-9/h1-4,9-10,12,19H,5-8H2,(H,17,20)(H2,16,18,21). The topological polar surface area (TPSA) is 73.4 Å². The van der Waals surface area contributed by atoms with E-state index in [-0.39, 0.29) is 11.3 Å². The second kappa shape index (κ2) is 5.89. The summed E-state index contributed by atoms with van der Waals surface area (Å²) in [6, 6.07) is 6.81. The zero-order valence-electron chi connectivity index (χ0n) is 11.6. The fourth-order valence-corrected chi connectivity index (χ4v) is 3.67. The van der Waals surface area contributed by atoms with Crippen molar-refractivity contribution in [3.05, 3.63) is 29.8 Å². The van der Waals surface area contributed by atoms with Crippen LogP contribution in [0.1, 0.15) is 36.0 Å². The van der Waals surface area contributed by atoms with Crippen molar-refractivity contribution in [2.24, 2.45) is 11.8 Å². The maximum Gasteiger partial charge on any atom is 0.273 e. The highest BCUT2D eigenvalue weighted by Crippen LogP contribution is 2.44. The number of hydrogen-bond donors (Lipinski definition) is 4. The maximum absolute atomic E-state index is 11.9. The largest absolute Gasteiger partial charge is 0.507 e. The number of benzene rings is 1. The van der Waals surface area contributed by atoms with Crippen molar-refractivity contribution in [3.8, 4) is 5.75 Å². The second-order valence-corrected chi connectivity index (χ2v) is 6.26. The van der Waals surface area contributed by atoms with Gasteiger partial charge in [-0.2, -0.15) is 0 Å². The SMILES string of the molecule is O=C(NNC(=S)NC1CC2CCC1C2)c1ccccc1O. The highest BCUT2D eigenvalue weighted by molar-refractivity contribution is 7.80. The van der Waals surface area contributed by atoms with Crippen molar-refractivity contribution in [3.63, 3.8) is 0 Å². The van der Waals surface area contributed by atoms with Crippen molar-refractivity contribution in [1.29, 1.82) is 0 Å². The zero-order valence-corrected chi connectivity index (χ0v) is 12.5. The van der Waals surface area contributed by atoms with Gasteiger partial charge in [0.05, 0.1) is 5.56 Å². The third-order valence-corrected chi connectivity index (χ3v) is 4.71. The molecule has 1 amide bonds. The lowest BCUT2D eigenvalue weighted by molar-refractivity contribution is 0.0941. The molecular weight excluding hydrogens is 286 g/mol. The highest BCUT2D eigenvalue weighted by Gasteiger charge is 2.39. The van der Waals surface area contributed by atoms with Gasteiger partial charge in [0.1, 0.15) is 5.75 Å².